The third kappa shape index (κ3) is 4.16. The minimum atomic E-state index is -3.45. The van der Waals surface area contributed by atoms with Gasteiger partial charge in [0.1, 0.15) is 17.7 Å². The Bertz CT molecular complexity index is 1020. The molecule has 2 fully saturated rings. The highest BCUT2D eigenvalue weighted by Gasteiger charge is 2.48. The quantitative estimate of drug-likeness (QED) is 0.785. The number of hydrogen-bond donors (Lipinski definition) is 2. The summed E-state index contributed by atoms with van der Waals surface area (Å²) in [7, 11) is -1.90. The lowest BCUT2D eigenvalue weighted by Crippen LogP contribution is -2.34. The van der Waals surface area contributed by atoms with Gasteiger partial charge in [-0.2, -0.15) is 17.0 Å². The number of urea groups is 1. The number of aromatic nitrogens is 1. The van der Waals surface area contributed by atoms with Crippen molar-refractivity contribution in [3.05, 3.63) is 48.5 Å². The van der Waals surface area contributed by atoms with Gasteiger partial charge in [-0.05, 0) is 18.2 Å². The summed E-state index contributed by atoms with van der Waals surface area (Å²) in [6, 6.07) is 6.52. The predicted molar refractivity (Wildman–Crippen MR) is 104 cm³/mol. The number of amides is 2. The SMILES string of the molecule is CN1C[C@H]2CC(Oc3cc(F)cc(NC(=O)Nc4cccnc4)c3)CN2S1(=O)=O. The Labute approximate surface area is 167 Å². The van der Waals surface area contributed by atoms with E-state index in [1.54, 1.807) is 25.4 Å². The number of ether oxygens (including phenoxy) is 1. The predicted octanol–water partition coefficient (Wildman–Crippen LogP) is 1.88. The van der Waals surface area contributed by atoms with E-state index >= 15 is 0 Å². The van der Waals surface area contributed by atoms with E-state index in [-0.39, 0.29) is 30.1 Å². The Morgan fingerprint density at radius 2 is 2.03 bits per heavy atom. The Morgan fingerprint density at radius 3 is 2.76 bits per heavy atom. The molecule has 2 aliphatic heterocycles. The molecule has 0 radical (unpaired) electrons. The van der Waals surface area contributed by atoms with Crippen molar-refractivity contribution in [3.8, 4) is 5.75 Å². The Hall–Kier alpha value is -2.76. The van der Waals surface area contributed by atoms with Crippen LogP contribution >= 0.6 is 0 Å². The second-order valence-corrected chi connectivity index (χ2v) is 8.97. The number of carbonyl (C=O) groups excluding carboxylic acids is 1. The monoisotopic (exact) mass is 421 g/mol. The van der Waals surface area contributed by atoms with Crippen LogP contribution in [0.15, 0.2) is 42.7 Å². The first kappa shape index (κ1) is 19.6. The summed E-state index contributed by atoms with van der Waals surface area (Å²) in [5.74, 6) is -0.358. The summed E-state index contributed by atoms with van der Waals surface area (Å²) in [5, 5.41) is 5.13. The molecule has 2 N–H and O–H groups in total. The fourth-order valence-electron chi connectivity index (χ4n) is 3.57. The lowest BCUT2D eigenvalue weighted by molar-refractivity contribution is 0.211. The Morgan fingerprint density at radius 1 is 1.24 bits per heavy atom. The van der Waals surface area contributed by atoms with Crippen LogP contribution in [0.5, 0.6) is 5.75 Å². The maximum atomic E-state index is 14.0. The molecule has 29 heavy (non-hydrogen) atoms. The zero-order valence-corrected chi connectivity index (χ0v) is 16.4. The maximum absolute atomic E-state index is 14.0. The molecule has 2 aromatic rings. The molecule has 3 heterocycles. The molecule has 1 aromatic carbocycles. The molecule has 0 saturated carbocycles. The highest BCUT2D eigenvalue weighted by molar-refractivity contribution is 7.87. The van der Waals surface area contributed by atoms with Crippen molar-refractivity contribution in [1.29, 1.82) is 0 Å². The topological polar surface area (TPSA) is 104 Å². The maximum Gasteiger partial charge on any atom is 0.323 e. The number of fused-ring (bicyclic) bond motifs is 1. The van der Waals surface area contributed by atoms with Gasteiger partial charge in [0.25, 0.3) is 10.2 Å². The first-order valence-electron chi connectivity index (χ1n) is 8.99. The molecule has 9 nitrogen and oxygen atoms in total. The molecular formula is C18H20FN5O4S. The van der Waals surface area contributed by atoms with Gasteiger partial charge in [0.05, 0.1) is 18.4 Å². The molecule has 0 bridgehead atoms. The smallest absolute Gasteiger partial charge is 0.323 e. The van der Waals surface area contributed by atoms with Crippen molar-refractivity contribution in [2.24, 2.45) is 0 Å². The van der Waals surface area contributed by atoms with Gasteiger partial charge in [-0.3, -0.25) is 4.98 Å². The molecule has 1 aromatic heterocycles. The molecule has 1 unspecified atom stereocenters. The van der Waals surface area contributed by atoms with Gasteiger partial charge in [-0.25, -0.2) is 9.18 Å². The lowest BCUT2D eigenvalue weighted by Gasteiger charge is -2.18. The van der Waals surface area contributed by atoms with Crippen LogP contribution in [0.2, 0.25) is 0 Å². The molecule has 2 atom stereocenters. The summed E-state index contributed by atoms with van der Waals surface area (Å²) in [5.41, 5.74) is 0.711. The van der Waals surface area contributed by atoms with E-state index in [4.69, 9.17) is 4.74 Å². The van der Waals surface area contributed by atoms with Crippen LogP contribution in [0.1, 0.15) is 6.42 Å². The zero-order valence-electron chi connectivity index (χ0n) is 15.6. The average Bonchev–Trinajstić information content (AvgIpc) is 3.12. The zero-order chi connectivity index (χ0) is 20.6. The number of rotatable bonds is 4. The summed E-state index contributed by atoms with van der Waals surface area (Å²) >= 11 is 0. The molecule has 11 heteroatoms. The fourth-order valence-corrected chi connectivity index (χ4v) is 5.18. The Kier molecular flexibility index (Phi) is 5.11. The molecular weight excluding hydrogens is 401 g/mol. The lowest BCUT2D eigenvalue weighted by atomic mass is 10.2. The second kappa shape index (κ2) is 7.58. The number of nitrogens with zero attached hydrogens (tertiary/aromatic N) is 3. The third-order valence-corrected chi connectivity index (χ3v) is 6.81. The van der Waals surface area contributed by atoms with Crippen LogP contribution in [0.25, 0.3) is 0 Å². The number of carbonyl (C=O) groups is 1. The summed E-state index contributed by atoms with van der Waals surface area (Å²) < 4.78 is 47.0. The van der Waals surface area contributed by atoms with E-state index in [0.29, 0.717) is 18.7 Å². The van der Waals surface area contributed by atoms with Gasteiger partial charge in [0, 0.05) is 50.1 Å². The highest BCUT2D eigenvalue weighted by atomic mass is 32.2. The van der Waals surface area contributed by atoms with E-state index in [1.807, 2.05) is 0 Å². The van der Waals surface area contributed by atoms with Gasteiger partial charge in [-0.1, -0.05) is 0 Å². The first-order valence-corrected chi connectivity index (χ1v) is 10.4. The summed E-state index contributed by atoms with van der Waals surface area (Å²) in [4.78, 5) is 16.0. The number of pyridine rings is 1. The largest absolute Gasteiger partial charge is 0.489 e. The normalized spacial score (nSPS) is 23.5. The molecule has 2 amide bonds. The van der Waals surface area contributed by atoms with Crippen LogP contribution in [-0.2, 0) is 10.2 Å². The fraction of sp³-hybridized carbons (Fsp3) is 0.333. The Balaban J connectivity index is 1.41. The minimum Gasteiger partial charge on any atom is -0.489 e. The van der Waals surface area contributed by atoms with E-state index in [9.17, 15) is 17.6 Å². The number of anilines is 2. The van der Waals surface area contributed by atoms with Crippen molar-refractivity contribution >= 4 is 27.6 Å². The molecule has 2 aliphatic rings. The van der Waals surface area contributed by atoms with Crippen molar-refractivity contribution in [3.63, 3.8) is 0 Å². The van der Waals surface area contributed by atoms with Crippen LogP contribution in [-0.4, -0.2) is 60.3 Å². The van der Waals surface area contributed by atoms with Crippen molar-refractivity contribution in [1.82, 2.24) is 13.6 Å². The van der Waals surface area contributed by atoms with Crippen LogP contribution in [0.3, 0.4) is 0 Å². The third-order valence-electron chi connectivity index (χ3n) is 4.84. The van der Waals surface area contributed by atoms with Gasteiger partial charge in [0.15, 0.2) is 0 Å². The van der Waals surface area contributed by atoms with Crippen molar-refractivity contribution < 1.29 is 22.3 Å². The number of halogens is 1. The van der Waals surface area contributed by atoms with Gasteiger partial charge < -0.3 is 15.4 Å². The average molecular weight is 421 g/mol. The minimum absolute atomic E-state index is 0.147. The van der Waals surface area contributed by atoms with E-state index in [1.165, 1.54) is 33.0 Å². The van der Waals surface area contributed by atoms with Crippen LogP contribution < -0.4 is 15.4 Å². The first-order chi connectivity index (χ1) is 13.8. The van der Waals surface area contributed by atoms with Gasteiger partial charge >= 0.3 is 6.03 Å². The van der Waals surface area contributed by atoms with E-state index < -0.39 is 22.1 Å². The number of likely N-dealkylation sites (N-methyl/N-ethyl adjacent to an activating group) is 1. The molecule has 0 spiro atoms. The molecule has 2 saturated heterocycles. The van der Waals surface area contributed by atoms with Crippen molar-refractivity contribution in [2.75, 3.05) is 30.8 Å². The van der Waals surface area contributed by atoms with Crippen LogP contribution in [0.4, 0.5) is 20.6 Å². The van der Waals surface area contributed by atoms with Crippen LogP contribution in [0, 0.1) is 5.82 Å². The number of nitrogens with one attached hydrogen (secondary N) is 2. The molecule has 0 aliphatic carbocycles. The van der Waals surface area contributed by atoms with E-state index in [2.05, 4.69) is 15.6 Å². The van der Waals surface area contributed by atoms with Gasteiger partial charge in [0.2, 0.25) is 0 Å². The second-order valence-electron chi connectivity index (χ2n) is 6.98. The summed E-state index contributed by atoms with van der Waals surface area (Å²) in [6.07, 6.45) is 3.19. The molecule has 154 valence electrons. The molecule has 4 rings (SSSR count). The number of benzene rings is 1. The van der Waals surface area contributed by atoms with Crippen molar-refractivity contribution in [2.45, 2.75) is 18.6 Å². The van der Waals surface area contributed by atoms with Gasteiger partial charge in [-0.15, -0.1) is 0 Å². The summed E-state index contributed by atoms with van der Waals surface area (Å²) in [6.45, 7) is 0.616. The number of hydrogen-bond acceptors (Lipinski definition) is 5. The standard InChI is InChI=1S/C18H20FN5O4S/c1-23-10-15-8-17(11-24(15)29(23,26)27)28-16-6-12(19)5-14(7-16)22-18(25)21-13-3-2-4-20-9-13/h2-7,9,15,17H,8,10-11H2,1H3,(H2,21,22,25)/t15-,17?/m1/s1. The highest BCUT2D eigenvalue weighted by Crippen LogP contribution is 2.32. The van der Waals surface area contributed by atoms with E-state index in [0.717, 1.165) is 0 Å².